The molecule has 0 N–H and O–H groups in total. The average molecular weight is 456 g/mol. The number of para-hydroxylation sites is 2. The number of aromatic nitrogens is 4. The zero-order chi connectivity index (χ0) is 22.6. The molecular formula is C22H15F3N4O2S. The number of halogens is 3. The van der Waals surface area contributed by atoms with Gasteiger partial charge in [-0.15, -0.1) is 10.2 Å². The fourth-order valence-electron chi connectivity index (χ4n) is 2.92. The van der Waals surface area contributed by atoms with Crippen molar-refractivity contribution in [2.45, 2.75) is 11.3 Å². The monoisotopic (exact) mass is 456 g/mol. The van der Waals surface area contributed by atoms with Crippen LogP contribution in [0.5, 0.6) is 5.75 Å². The van der Waals surface area contributed by atoms with Gasteiger partial charge >= 0.3 is 12.1 Å². The van der Waals surface area contributed by atoms with Crippen LogP contribution in [0.2, 0.25) is 0 Å². The second-order valence-corrected chi connectivity index (χ2v) is 7.42. The van der Waals surface area contributed by atoms with E-state index in [4.69, 9.17) is 4.74 Å². The molecule has 0 bridgehead atoms. The van der Waals surface area contributed by atoms with Crippen LogP contribution in [-0.2, 0) is 11.0 Å². The van der Waals surface area contributed by atoms with Crippen LogP contribution in [-0.4, -0.2) is 31.5 Å². The van der Waals surface area contributed by atoms with Gasteiger partial charge in [-0.3, -0.25) is 14.3 Å². The van der Waals surface area contributed by atoms with Crippen LogP contribution in [0.4, 0.5) is 13.2 Å². The van der Waals surface area contributed by atoms with Gasteiger partial charge in [-0.05, 0) is 36.4 Å². The molecule has 4 rings (SSSR count). The first-order valence-electron chi connectivity index (χ1n) is 9.34. The Bertz CT molecular complexity index is 1210. The van der Waals surface area contributed by atoms with Crippen molar-refractivity contribution >= 4 is 17.7 Å². The normalized spacial score (nSPS) is 11.3. The van der Waals surface area contributed by atoms with Crippen molar-refractivity contribution in [3.63, 3.8) is 0 Å². The highest BCUT2D eigenvalue weighted by Gasteiger charge is 2.34. The number of rotatable bonds is 6. The average Bonchev–Trinajstić information content (AvgIpc) is 3.22. The van der Waals surface area contributed by atoms with E-state index >= 15 is 0 Å². The van der Waals surface area contributed by atoms with Crippen LogP contribution < -0.4 is 4.74 Å². The standard InChI is InChI=1S/C22H15F3N4O2S/c23-22(24,25)17-10-4-5-11-18(17)31-19(30)14-32-21-28-27-20(15-7-6-12-26-13-15)29(21)16-8-2-1-3-9-16/h1-13H,14H2. The number of esters is 1. The maximum absolute atomic E-state index is 13.1. The summed E-state index contributed by atoms with van der Waals surface area (Å²) in [5.74, 6) is -1.12. The van der Waals surface area contributed by atoms with E-state index in [0.717, 1.165) is 35.1 Å². The second-order valence-electron chi connectivity index (χ2n) is 6.48. The van der Waals surface area contributed by atoms with Crippen LogP contribution in [0.3, 0.4) is 0 Å². The van der Waals surface area contributed by atoms with Crippen molar-refractivity contribution in [2.24, 2.45) is 0 Å². The molecule has 0 saturated carbocycles. The Morgan fingerprint density at radius 2 is 1.72 bits per heavy atom. The van der Waals surface area contributed by atoms with E-state index in [9.17, 15) is 18.0 Å². The Kier molecular flexibility index (Phi) is 6.22. The van der Waals surface area contributed by atoms with Crippen molar-refractivity contribution in [3.05, 3.63) is 84.7 Å². The number of nitrogens with zero attached hydrogens (tertiary/aromatic N) is 4. The summed E-state index contributed by atoms with van der Waals surface area (Å²) in [6, 6.07) is 17.4. The highest BCUT2D eigenvalue weighted by atomic mass is 32.2. The number of pyridine rings is 1. The van der Waals surface area contributed by atoms with Gasteiger partial charge < -0.3 is 4.74 Å². The smallest absolute Gasteiger partial charge is 0.419 e. The Balaban J connectivity index is 1.57. The minimum atomic E-state index is -4.63. The quantitative estimate of drug-likeness (QED) is 0.230. The highest BCUT2D eigenvalue weighted by Crippen LogP contribution is 2.36. The molecule has 32 heavy (non-hydrogen) atoms. The molecule has 6 nitrogen and oxygen atoms in total. The molecule has 2 heterocycles. The number of alkyl halides is 3. The van der Waals surface area contributed by atoms with Gasteiger partial charge in [0.2, 0.25) is 0 Å². The van der Waals surface area contributed by atoms with E-state index in [2.05, 4.69) is 15.2 Å². The molecule has 0 spiro atoms. The van der Waals surface area contributed by atoms with Gasteiger partial charge in [0, 0.05) is 23.6 Å². The molecule has 0 fully saturated rings. The highest BCUT2D eigenvalue weighted by molar-refractivity contribution is 7.99. The van der Waals surface area contributed by atoms with E-state index in [-0.39, 0.29) is 5.75 Å². The molecule has 10 heteroatoms. The van der Waals surface area contributed by atoms with E-state index in [0.29, 0.717) is 11.0 Å². The van der Waals surface area contributed by atoms with Gasteiger partial charge in [0.25, 0.3) is 0 Å². The lowest BCUT2D eigenvalue weighted by Crippen LogP contribution is -2.15. The van der Waals surface area contributed by atoms with E-state index < -0.39 is 23.5 Å². The molecule has 2 aromatic heterocycles. The first-order chi connectivity index (χ1) is 15.4. The minimum absolute atomic E-state index is 0.260. The van der Waals surface area contributed by atoms with E-state index in [1.54, 1.807) is 23.0 Å². The summed E-state index contributed by atoms with van der Waals surface area (Å²) in [7, 11) is 0. The predicted octanol–water partition coefficient (Wildman–Crippen LogP) is 5.05. The first kappa shape index (κ1) is 21.6. The molecule has 162 valence electrons. The third-order valence-corrected chi connectivity index (χ3v) is 5.21. The number of hydrogen-bond donors (Lipinski definition) is 0. The number of carbonyl (C=O) groups excluding carboxylic acids is 1. The lowest BCUT2D eigenvalue weighted by atomic mass is 10.2. The SMILES string of the molecule is O=C(CSc1nnc(-c2cccnc2)n1-c1ccccc1)Oc1ccccc1C(F)(F)F. The lowest BCUT2D eigenvalue weighted by Gasteiger charge is -2.12. The maximum Gasteiger partial charge on any atom is 0.419 e. The van der Waals surface area contributed by atoms with E-state index in [1.165, 1.54) is 12.1 Å². The Hall–Kier alpha value is -3.66. The zero-order valence-electron chi connectivity index (χ0n) is 16.4. The lowest BCUT2D eigenvalue weighted by molar-refractivity contribution is -0.141. The van der Waals surface area contributed by atoms with Gasteiger partial charge in [0.1, 0.15) is 5.75 Å². The van der Waals surface area contributed by atoms with Gasteiger partial charge in [-0.2, -0.15) is 13.2 Å². The molecule has 0 unspecified atom stereocenters. The number of hydrogen-bond acceptors (Lipinski definition) is 6. The van der Waals surface area contributed by atoms with Gasteiger partial charge in [-0.25, -0.2) is 0 Å². The molecular weight excluding hydrogens is 441 g/mol. The Morgan fingerprint density at radius 1 is 0.969 bits per heavy atom. The number of ether oxygens (including phenoxy) is 1. The number of benzene rings is 2. The van der Waals surface area contributed by atoms with Gasteiger partial charge in [0.15, 0.2) is 11.0 Å². The third kappa shape index (κ3) is 4.80. The molecule has 0 atom stereocenters. The predicted molar refractivity (Wildman–Crippen MR) is 112 cm³/mol. The van der Waals surface area contributed by atoms with Crippen molar-refractivity contribution in [2.75, 3.05) is 5.75 Å². The summed E-state index contributed by atoms with van der Waals surface area (Å²) < 4.78 is 46.1. The second kappa shape index (κ2) is 9.23. The number of thioether (sulfide) groups is 1. The van der Waals surface area contributed by atoms with Crippen LogP contribution in [0, 0.1) is 0 Å². The van der Waals surface area contributed by atoms with Crippen molar-refractivity contribution < 1.29 is 22.7 Å². The molecule has 0 aliphatic rings. The first-order valence-corrected chi connectivity index (χ1v) is 10.3. The van der Waals surface area contributed by atoms with Crippen molar-refractivity contribution in [3.8, 4) is 22.8 Å². The van der Waals surface area contributed by atoms with Gasteiger partial charge in [-0.1, -0.05) is 42.1 Å². The Labute approximate surface area is 185 Å². The van der Waals surface area contributed by atoms with E-state index in [1.807, 2.05) is 36.4 Å². The molecule has 0 amide bonds. The fraction of sp³-hybridized carbons (Fsp3) is 0.0909. The summed E-state index contributed by atoms with van der Waals surface area (Å²) in [5, 5.41) is 8.77. The molecule has 4 aromatic rings. The largest absolute Gasteiger partial charge is 0.425 e. The van der Waals surface area contributed by atoms with Crippen LogP contribution in [0.25, 0.3) is 17.1 Å². The van der Waals surface area contributed by atoms with Gasteiger partial charge in [0.05, 0.1) is 11.3 Å². The number of carbonyl (C=O) groups is 1. The van der Waals surface area contributed by atoms with Crippen LogP contribution in [0.15, 0.2) is 84.3 Å². The van der Waals surface area contributed by atoms with Crippen molar-refractivity contribution in [1.82, 2.24) is 19.7 Å². The minimum Gasteiger partial charge on any atom is -0.425 e. The maximum atomic E-state index is 13.1. The molecule has 0 aliphatic carbocycles. The summed E-state index contributed by atoms with van der Waals surface area (Å²) in [6.45, 7) is 0. The fourth-order valence-corrected chi connectivity index (χ4v) is 3.65. The third-order valence-electron chi connectivity index (χ3n) is 4.30. The molecule has 0 aliphatic heterocycles. The summed E-state index contributed by atoms with van der Waals surface area (Å²) in [5.41, 5.74) is 0.469. The summed E-state index contributed by atoms with van der Waals surface area (Å²) in [4.78, 5) is 16.4. The van der Waals surface area contributed by atoms with Crippen LogP contribution in [0.1, 0.15) is 5.56 Å². The van der Waals surface area contributed by atoms with Crippen molar-refractivity contribution in [1.29, 1.82) is 0 Å². The zero-order valence-corrected chi connectivity index (χ0v) is 17.2. The van der Waals surface area contributed by atoms with Crippen LogP contribution >= 0.6 is 11.8 Å². The molecule has 2 aromatic carbocycles. The molecule has 0 saturated heterocycles. The topological polar surface area (TPSA) is 69.9 Å². The summed E-state index contributed by atoms with van der Waals surface area (Å²) >= 11 is 1.01. The Morgan fingerprint density at radius 3 is 2.44 bits per heavy atom. The summed E-state index contributed by atoms with van der Waals surface area (Å²) in [6.07, 6.45) is -1.35. The molecule has 0 radical (unpaired) electrons.